The summed E-state index contributed by atoms with van der Waals surface area (Å²) in [7, 11) is 2.11. The first kappa shape index (κ1) is 19.5. The lowest BCUT2D eigenvalue weighted by atomic mass is 9.98. The van der Waals surface area contributed by atoms with Crippen LogP contribution in [0.1, 0.15) is 12.8 Å². The third-order valence-electron chi connectivity index (χ3n) is 5.01. The van der Waals surface area contributed by atoms with E-state index in [-0.39, 0.29) is 5.75 Å². The second-order valence-corrected chi connectivity index (χ2v) is 7.22. The summed E-state index contributed by atoms with van der Waals surface area (Å²) in [5.41, 5.74) is 1.64. The molecule has 2 aromatic heterocycles. The lowest BCUT2D eigenvalue weighted by Crippen LogP contribution is -2.32. The summed E-state index contributed by atoms with van der Waals surface area (Å²) >= 11 is 0. The van der Waals surface area contributed by atoms with Crippen molar-refractivity contribution in [2.45, 2.75) is 19.2 Å². The topological polar surface area (TPSA) is 51.9 Å². The SMILES string of the molecule is CN1CCC(COc2ccc3ncc(-c4cccc(OC(F)(F)F)c4)n3n2)CC1. The number of nitrogens with zero attached hydrogens (tertiary/aromatic N) is 4. The molecule has 9 heteroatoms. The number of likely N-dealkylation sites (tertiary alicyclic amines) is 1. The zero-order valence-electron chi connectivity index (χ0n) is 15.9. The number of piperidine rings is 1. The molecule has 1 saturated heterocycles. The normalized spacial score (nSPS) is 16.3. The van der Waals surface area contributed by atoms with Crippen molar-refractivity contribution in [2.75, 3.05) is 26.7 Å². The number of benzene rings is 1. The van der Waals surface area contributed by atoms with Crippen LogP contribution >= 0.6 is 0 Å². The van der Waals surface area contributed by atoms with Crippen LogP contribution in [0.3, 0.4) is 0 Å². The van der Waals surface area contributed by atoms with Crippen molar-refractivity contribution < 1.29 is 22.6 Å². The molecule has 0 spiro atoms. The Morgan fingerprint density at radius 1 is 1.14 bits per heavy atom. The van der Waals surface area contributed by atoms with Gasteiger partial charge in [0.15, 0.2) is 5.65 Å². The highest BCUT2D eigenvalue weighted by Gasteiger charge is 2.31. The van der Waals surface area contributed by atoms with Crippen molar-refractivity contribution in [3.8, 4) is 22.9 Å². The second-order valence-electron chi connectivity index (χ2n) is 7.22. The van der Waals surface area contributed by atoms with Crippen molar-refractivity contribution in [1.29, 1.82) is 0 Å². The minimum Gasteiger partial charge on any atom is -0.476 e. The predicted molar refractivity (Wildman–Crippen MR) is 101 cm³/mol. The number of halogens is 3. The molecular formula is C20H21F3N4O2. The molecule has 154 valence electrons. The lowest BCUT2D eigenvalue weighted by molar-refractivity contribution is -0.274. The molecule has 6 nitrogen and oxygen atoms in total. The van der Waals surface area contributed by atoms with E-state index >= 15 is 0 Å². The maximum absolute atomic E-state index is 12.5. The maximum atomic E-state index is 12.5. The number of hydrogen-bond acceptors (Lipinski definition) is 5. The van der Waals surface area contributed by atoms with E-state index in [0.717, 1.165) is 25.9 Å². The van der Waals surface area contributed by atoms with Gasteiger partial charge in [0.25, 0.3) is 0 Å². The highest BCUT2D eigenvalue weighted by atomic mass is 19.4. The third-order valence-corrected chi connectivity index (χ3v) is 5.01. The first-order chi connectivity index (χ1) is 13.9. The molecule has 1 aliphatic heterocycles. The Hall–Kier alpha value is -2.81. The van der Waals surface area contributed by atoms with E-state index in [1.165, 1.54) is 18.2 Å². The van der Waals surface area contributed by atoms with Gasteiger partial charge in [-0.2, -0.15) is 0 Å². The van der Waals surface area contributed by atoms with Crippen molar-refractivity contribution >= 4 is 5.65 Å². The van der Waals surface area contributed by atoms with Gasteiger partial charge in [-0.25, -0.2) is 9.50 Å². The van der Waals surface area contributed by atoms with Gasteiger partial charge in [-0.1, -0.05) is 12.1 Å². The summed E-state index contributed by atoms with van der Waals surface area (Å²) in [6.07, 6.45) is -1.01. The molecule has 0 radical (unpaired) electrons. The smallest absolute Gasteiger partial charge is 0.476 e. The molecule has 4 rings (SSSR count). The fourth-order valence-corrected chi connectivity index (χ4v) is 3.41. The Bertz CT molecular complexity index is 981. The molecule has 0 bridgehead atoms. The van der Waals surface area contributed by atoms with Crippen LogP contribution in [0.15, 0.2) is 42.6 Å². The van der Waals surface area contributed by atoms with E-state index < -0.39 is 6.36 Å². The highest BCUT2D eigenvalue weighted by Crippen LogP contribution is 2.28. The Labute approximate surface area is 165 Å². The Kier molecular flexibility index (Phi) is 5.31. The number of hydrogen-bond donors (Lipinski definition) is 0. The van der Waals surface area contributed by atoms with E-state index in [1.807, 2.05) is 0 Å². The van der Waals surface area contributed by atoms with Gasteiger partial charge in [0.2, 0.25) is 5.88 Å². The average molecular weight is 406 g/mol. The van der Waals surface area contributed by atoms with E-state index in [1.54, 1.807) is 28.9 Å². The minimum atomic E-state index is -4.74. The van der Waals surface area contributed by atoms with Crippen molar-refractivity contribution in [3.63, 3.8) is 0 Å². The predicted octanol–water partition coefficient (Wildman–Crippen LogP) is 4.02. The summed E-state index contributed by atoms with van der Waals surface area (Å²) < 4.78 is 49.0. The first-order valence-corrected chi connectivity index (χ1v) is 9.40. The molecule has 0 unspecified atom stereocenters. The molecule has 1 aromatic carbocycles. The number of aromatic nitrogens is 3. The van der Waals surface area contributed by atoms with Crippen LogP contribution in [0.2, 0.25) is 0 Å². The van der Waals surface area contributed by atoms with Gasteiger partial charge in [-0.15, -0.1) is 18.3 Å². The quantitative estimate of drug-likeness (QED) is 0.641. The largest absolute Gasteiger partial charge is 0.573 e. The summed E-state index contributed by atoms with van der Waals surface area (Å²) in [5.74, 6) is 0.653. The molecule has 3 aromatic rings. The van der Waals surface area contributed by atoms with Crippen LogP contribution in [-0.4, -0.2) is 52.6 Å². The summed E-state index contributed by atoms with van der Waals surface area (Å²) in [6, 6.07) is 9.27. The molecule has 0 atom stereocenters. The second kappa shape index (κ2) is 7.90. The number of imidazole rings is 1. The number of alkyl halides is 3. The number of ether oxygens (including phenoxy) is 2. The van der Waals surface area contributed by atoms with Gasteiger partial charge >= 0.3 is 6.36 Å². The van der Waals surface area contributed by atoms with Gasteiger partial charge in [0, 0.05) is 11.6 Å². The molecule has 1 aliphatic rings. The minimum absolute atomic E-state index is 0.292. The van der Waals surface area contributed by atoms with Gasteiger partial charge in [0.1, 0.15) is 5.75 Å². The first-order valence-electron chi connectivity index (χ1n) is 9.40. The van der Waals surface area contributed by atoms with Crippen LogP contribution in [0.5, 0.6) is 11.6 Å². The van der Waals surface area contributed by atoms with Crippen LogP contribution in [-0.2, 0) is 0 Å². The molecule has 0 saturated carbocycles. The van der Waals surface area contributed by atoms with Gasteiger partial charge < -0.3 is 14.4 Å². The average Bonchev–Trinajstić information content (AvgIpc) is 3.10. The van der Waals surface area contributed by atoms with Crippen LogP contribution in [0, 0.1) is 5.92 Å². The van der Waals surface area contributed by atoms with Crippen LogP contribution in [0.25, 0.3) is 16.9 Å². The van der Waals surface area contributed by atoms with Gasteiger partial charge in [-0.05, 0) is 57.1 Å². The molecule has 3 heterocycles. The molecule has 0 amide bonds. The zero-order valence-corrected chi connectivity index (χ0v) is 15.9. The monoisotopic (exact) mass is 406 g/mol. The van der Waals surface area contributed by atoms with E-state index in [4.69, 9.17) is 4.74 Å². The van der Waals surface area contributed by atoms with Gasteiger partial charge in [0.05, 0.1) is 18.5 Å². The molecule has 0 N–H and O–H groups in total. The van der Waals surface area contributed by atoms with Crippen molar-refractivity contribution in [3.05, 3.63) is 42.6 Å². The van der Waals surface area contributed by atoms with E-state index in [0.29, 0.717) is 35.3 Å². The molecule has 0 aliphatic carbocycles. The lowest BCUT2D eigenvalue weighted by Gasteiger charge is -2.28. The zero-order chi connectivity index (χ0) is 20.4. The molecule has 29 heavy (non-hydrogen) atoms. The van der Waals surface area contributed by atoms with Crippen LogP contribution < -0.4 is 9.47 Å². The highest BCUT2D eigenvalue weighted by molar-refractivity contribution is 5.64. The van der Waals surface area contributed by atoms with Crippen molar-refractivity contribution in [1.82, 2.24) is 19.5 Å². The Morgan fingerprint density at radius 3 is 2.69 bits per heavy atom. The number of fused-ring (bicyclic) bond motifs is 1. The van der Waals surface area contributed by atoms with Gasteiger partial charge in [-0.3, -0.25) is 0 Å². The van der Waals surface area contributed by atoms with Crippen LogP contribution in [0.4, 0.5) is 13.2 Å². The number of rotatable bonds is 5. The van der Waals surface area contributed by atoms with E-state index in [9.17, 15) is 13.2 Å². The summed E-state index contributed by atoms with van der Waals surface area (Å²) in [4.78, 5) is 6.58. The Balaban J connectivity index is 1.54. The summed E-state index contributed by atoms with van der Waals surface area (Å²) in [5, 5.41) is 4.47. The molecule has 1 fully saturated rings. The molecular weight excluding hydrogens is 385 g/mol. The fourth-order valence-electron chi connectivity index (χ4n) is 3.41. The third kappa shape index (κ3) is 4.79. The van der Waals surface area contributed by atoms with E-state index in [2.05, 4.69) is 26.8 Å². The fraction of sp³-hybridized carbons (Fsp3) is 0.400. The standard InChI is InChI=1S/C20H21F3N4O2/c1-26-9-7-14(8-10-26)13-28-19-6-5-18-24-12-17(27(18)25-19)15-3-2-4-16(11-15)29-20(21,22)23/h2-6,11-12,14H,7-10,13H2,1H3. The summed E-state index contributed by atoms with van der Waals surface area (Å²) in [6.45, 7) is 2.70. The maximum Gasteiger partial charge on any atom is 0.573 e. The Morgan fingerprint density at radius 2 is 1.93 bits per heavy atom. The van der Waals surface area contributed by atoms with Crippen molar-refractivity contribution in [2.24, 2.45) is 5.92 Å².